The lowest BCUT2D eigenvalue weighted by molar-refractivity contribution is 0.0939. The van der Waals surface area contributed by atoms with Gasteiger partial charge >= 0.3 is 0 Å². The summed E-state index contributed by atoms with van der Waals surface area (Å²) in [5.74, 6) is -0.0755. The zero-order chi connectivity index (χ0) is 14.7. The van der Waals surface area contributed by atoms with E-state index in [4.69, 9.17) is 0 Å². The van der Waals surface area contributed by atoms with Gasteiger partial charge in [-0.15, -0.1) is 11.3 Å². The van der Waals surface area contributed by atoms with Gasteiger partial charge in [0.05, 0.1) is 16.7 Å². The molecular formula is C15H19N3OS. The summed E-state index contributed by atoms with van der Waals surface area (Å²) in [5.41, 5.74) is 2.64. The van der Waals surface area contributed by atoms with E-state index in [1.165, 1.54) is 0 Å². The molecule has 5 heteroatoms. The number of hydrogen-bond acceptors (Lipinski definition) is 4. The minimum Gasteiger partial charge on any atom is -0.378 e. The first-order chi connectivity index (χ1) is 9.47. The number of carbonyl (C=O) groups is 1. The molecule has 1 amide bonds. The summed E-state index contributed by atoms with van der Waals surface area (Å²) in [4.78, 5) is 18.6. The van der Waals surface area contributed by atoms with Crippen molar-refractivity contribution in [2.24, 2.45) is 0 Å². The van der Waals surface area contributed by atoms with E-state index < -0.39 is 0 Å². The van der Waals surface area contributed by atoms with Crippen LogP contribution in [0.5, 0.6) is 0 Å². The summed E-state index contributed by atoms with van der Waals surface area (Å²) in [6, 6.07) is 7.47. The Balaban J connectivity index is 2.04. The largest absolute Gasteiger partial charge is 0.378 e. The Morgan fingerprint density at radius 1 is 1.30 bits per heavy atom. The molecule has 0 spiro atoms. The van der Waals surface area contributed by atoms with Crippen LogP contribution in [-0.2, 0) is 0 Å². The Bertz CT molecular complexity index is 589. The van der Waals surface area contributed by atoms with Crippen molar-refractivity contribution >= 4 is 22.9 Å². The van der Waals surface area contributed by atoms with Crippen LogP contribution in [0.1, 0.15) is 34.0 Å². The second kappa shape index (κ2) is 6.05. The summed E-state index contributed by atoms with van der Waals surface area (Å²) in [6.07, 6.45) is 0. The van der Waals surface area contributed by atoms with E-state index in [0.717, 1.165) is 16.4 Å². The second-order valence-corrected chi connectivity index (χ2v) is 5.99. The van der Waals surface area contributed by atoms with Crippen LogP contribution in [0.4, 0.5) is 5.69 Å². The summed E-state index contributed by atoms with van der Waals surface area (Å²) in [5, 5.41) is 5.96. The van der Waals surface area contributed by atoms with Crippen molar-refractivity contribution in [1.82, 2.24) is 10.3 Å². The van der Waals surface area contributed by atoms with E-state index in [-0.39, 0.29) is 11.9 Å². The third-order valence-corrected chi connectivity index (χ3v) is 3.87. The zero-order valence-electron chi connectivity index (χ0n) is 12.2. The minimum absolute atomic E-state index is 0.0755. The van der Waals surface area contributed by atoms with Crippen LogP contribution in [0, 0.1) is 6.92 Å². The molecule has 106 valence electrons. The van der Waals surface area contributed by atoms with Gasteiger partial charge in [-0.25, -0.2) is 4.98 Å². The van der Waals surface area contributed by atoms with Gasteiger partial charge in [0.1, 0.15) is 0 Å². The van der Waals surface area contributed by atoms with Crippen molar-refractivity contribution in [3.05, 3.63) is 45.9 Å². The first-order valence-electron chi connectivity index (χ1n) is 6.47. The number of thiazole rings is 1. The van der Waals surface area contributed by atoms with Gasteiger partial charge in [-0.05, 0) is 38.1 Å². The van der Waals surface area contributed by atoms with Gasteiger partial charge in [-0.2, -0.15) is 0 Å². The molecule has 1 atom stereocenters. The highest BCUT2D eigenvalue weighted by Crippen LogP contribution is 2.17. The predicted octanol–water partition coefficient (Wildman–Crippen LogP) is 3.01. The molecule has 1 aromatic carbocycles. The Labute approximate surface area is 123 Å². The number of aryl methyl sites for hydroxylation is 1. The van der Waals surface area contributed by atoms with E-state index in [1.807, 2.05) is 62.5 Å². The summed E-state index contributed by atoms with van der Waals surface area (Å²) in [7, 11) is 3.95. The number of amides is 1. The van der Waals surface area contributed by atoms with Gasteiger partial charge in [0.2, 0.25) is 0 Å². The van der Waals surface area contributed by atoms with Crippen molar-refractivity contribution in [1.29, 1.82) is 0 Å². The fourth-order valence-electron chi connectivity index (χ4n) is 1.84. The molecule has 4 nitrogen and oxygen atoms in total. The van der Waals surface area contributed by atoms with Gasteiger partial charge in [-0.3, -0.25) is 4.79 Å². The Morgan fingerprint density at radius 2 is 1.95 bits per heavy atom. The van der Waals surface area contributed by atoms with E-state index in [9.17, 15) is 4.79 Å². The van der Waals surface area contributed by atoms with Crippen molar-refractivity contribution in [3.63, 3.8) is 0 Å². The number of anilines is 1. The molecule has 1 N–H and O–H groups in total. The van der Waals surface area contributed by atoms with Crippen LogP contribution in [0.15, 0.2) is 29.6 Å². The van der Waals surface area contributed by atoms with Gasteiger partial charge in [0.25, 0.3) is 5.91 Å². The molecule has 20 heavy (non-hydrogen) atoms. The third-order valence-electron chi connectivity index (χ3n) is 3.07. The first kappa shape index (κ1) is 14.5. The maximum Gasteiger partial charge on any atom is 0.251 e. The van der Waals surface area contributed by atoms with E-state index >= 15 is 0 Å². The van der Waals surface area contributed by atoms with E-state index in [2.05, 4.69) is 10.3 Å². The molecule has 0 bridgehead atoms. The lowest BCUT2D eigenvalue weighted by Crippen LogP contribution is -2.26. The quantitative estimate of drug-likeness (QED) is 0.941. The van der Waals surface area contributed by atoms with E-state index in [0.29, 0.717) is 5.56 Å². The lowest BCUT2D eigenvalue weighted by Gasteiger charge is -2.14. The Hall–Kier alpha value is -1.88. The number of benzene rings is 1. The molecule has 0 saturated heterocycles. The molecule has 2 aromatic rings. The number of rotatable bonds is 4. The van der Waals surface area contributed by atoms with E-state index in [1.54, 1.807) is 11.3 Å². The van der Waals surface area contributed by atoms with Crippen LogP contribution in [0.3, 0.4) is 0 Å². The monoisotopic (exact) mass is 289 g/mol. The molecule has 2 rings (SSSR count). The highest BCUT2D eigenvalue weighted by molar-refractivity contribution is 7.09. The maximum absolute atomic E-state index is 12.2. The minimum atomic E-state index is -0.0824. The number of nitrogens with one attached hydrogen (secondary N) is 1. The molecule has 1 heterocycles. The third kappa shape index (κ3) is 3.36. The predicted molar refractivity (Wildman–Crippen MR) is 83.5 cm³/mol. The number of hydrogen-bond donors (Lipinski definition) is 1. The summed E-state index contributed by atoms with van der Waals surface area (Å²) in [6.45, 7) is 3.91. The first-order valence-corrected chi connectivity index (χ1v) is 7.35. The molecule has 0 aliphatic carbocycles. The average molecular weight is 289 g/mol. The molecule has 1 aromatic heterocycles. The molecule has 0 aliphatic heterocycles. The van der Waals surface area contributed by atoms with Crippen LogP contribution in [0.25, 0.3) is 0 Å². The lowest BCUT2D eigenvalue weighted by atomic mass is 10.1. The van der Waals surface area contributed by atoms with Crippen LogP contribution in [0.2, 0.25) is 0 Å². The van der Waals surface area contributed by atoms with Gasteiger partial charge in [-0.1, -0.05) is 0 Å². The maximum atomic E-state index is 12.2. The van der Waals surface area contributed by atoms with Crippen molar-refractivity contribution < 1.29 is 4.79 Å². The van der Waals surface area contributed by atoms with Crippen LogP contribution >= 0.6 is 11.3 Å². The van der Waals surface area contributed by atoms with Crippen LogP contribution in [-0.4, -0.2) is 25.0 Å². The highest BCUT2D eigenvalue weighted by atomic mass is 32.1. The van der Waals surface area contributed by atoms with Gasteiger partial charge in [0, 0.05) is 30.7 Å². The standard InChI is InChI=1S/C15H19N3OS/c1-10(14-9-20-11(2)17-14)16-15(19)12-5-7-13(8-6-12)18(3)4/h5-10H,1-4H3,(H,16,19). The Kier molecular flexibility index (Phi) is 4.39. The van der Waals surface area contributed by atoms with Gasteiger partial charge in [0.15, 0.2) is 0 Å². The van der Waals surface area contributed by atoms with Crippen molar-refractivity contribution in [3.8, 4) is 0 Å². The fraction of sp³-hybridized carbons (Fsp3) is 0.333. The molecule has 1 unspecified atom stereocenters. The smallest absolute Gasteiger partial charge is 0.251 e. The van der Waals surface area contributed by atoms with Crippen molar-refractivity contribution in [2.45, 2.75) is 19.9 Å². The second-order valence-electron chi connectivity index (χ2n) is 4.93. The fourth-order valence-corrected chi connectivity index (χ4v) is 2.55. The van der Waals surface area contributed by atoms with Gasteiger partial charge < -0.3 is 10.2 Å². The molecule has 0 aliphatic rings. The highest BCUT2D eigenvalue weighted by Gasteiger charge is 2.13. The SMILES string of the molecule is Cc1nc(C(C)NC(=O)c2ccc(N(C)C)cc2)cs1. The summed E-state index contributed by atoms with van der Waals surface area (Å²) < 4.78 is 0. The Morgan fingerprint density at radius 3 is 2.45 bits per heavy atom. The molecular weight excluding hydrogens is 270 g/mol. The zero-order valence-corrected chi connectivity index (χ0v) is 13.0. The molecule has 0 saturated carbocycles. The molecule has 0 radical (unpaired) electrons. The number of carbonyl (C=O) groups excluding carboxylic acids is 1. The number of nitrogens with zero attached hydrogens (tertiary/aromatic N) is 2. The topological polar surface area (TPSA) is 45.2 Å². The normalized spacial score (nSPS) is 12.0. The number of aromatic nitrogens is 1. The van der Waals surface area contributed by atoms with Crippen molar-refractivity contribution in [2.75, 3.05) is 19.0 Å². The summed E-state index contributed by atoms with van der Waals surface area (Å²) >= 11 is 1.59. The average Bonchev–Trinajstić information content (AvgIpc) is 2.85. The van der Waals surface area contributed by atoms with Crippen LogP contribution < -0.4 is 10.2 Å². The molecule has 0 fully saturated rings.